The first-order valence-electron chi connectivity index (χ1n) is 11.6. The van der Waals surface area contributed by atoms with Crippen molar-refractivity contribution in [1.82, 2.24) is 15.1 Å². The Bertz CT molecular complexity index is 1130. The molecule has 1 aromatic heterocycles. The largest absolute Gasteiger partial charge is 0.462 e. The van der Waals surface area contributed by atoms with E-state index in [4.69, 9.17) is 21.1 Å². The van der Waals surface area contributed by atoms with Gasteiger partial charge in [-0.2, -0.15) is 5.10 Å². The van der Waals surface area contributed by atoms with Crippen LogP contribution in [0.15, 0.2) is 18.2 Å². The summed E-state index contributed by atoms with van der Waals surface area (Å²) in [6.07, 6.45) is 3.13. The Morgan fingerprint density at radius 2 is 2.18 bits per heavy atom. The van der Waals surface area contributed by atoms with Gasteiger partial charge in [-0.25, -0.2) is 14.0 Å². The van der Waals surface area contributed by atoms with E-state index in [9.17, 15) is 14.0 Å². The fourth-order valence-corrected chi connectivity index (χ4v) is 4.71. The van der Waals surface area contributed by atoms with Gasteiger partial charge in [0, 0.05) is 32.2 Å². The van der Waals surface area contributed by atoms with Crippen LogP contribution in [0.1, 0.15) is 58.8 Å². The molecule has 34 heavy (non-hydrogen) atoms. The summed E-state index contributed by atoms with van der Waals surface area (Å²) in [6.45, 7) is 13.4. The van der Waals surface area contributed by atoms with Gasteiger partial charge < -0.3 is 14.8 Å². The van der Waals surface area contributed by atoms with Crippen molar-refractivity contribution in [3.8, 4) is 0 Å². The van der Waals surface area contributed by atoms with Crippen LogP contribution in [0, 0.1) is 23.7 Å². The molecule has 0 saturated carbocycles. The van der Waals surface area contributed by atoms with Gasteiger partial charge in [-0.3, -0.25) is 9.48 Å². The number of rotatable bonds is 6. The molecule has 4 rings (SSSR count). The predicted octanol–water partition coefficient (Wildman–Crippen LogP) is 3.71. The van der Waals surface area contributed by atoms with Gasteiger partial charge in [0.1, 0.15) is 5.82 Å². The fraction of sp³-hybridized carbons (Fsp3) is 0.520. The van der Waals surface area contributed by atoms with E-state index in [1.54, 1.807) is 0 Å². The highest BCUT2D eigenvalue weighted by Gasteiger charge is 2.39. The number of hydrogen-bond donors (Lipinski definition) is 1. The first-order chi connectivity index (χ1) is 16.4. The van der Waals surface area contributed by atoms with E-state index < -0.39 is 11.8 Å². The van der Waals surface area contributed by atoms with Crippen molar-refractivity contribution >= 4 is 17.6 Å². The molecule has 9 heteroatoms. The second-order valence-electron chi connectivity index (χ2n) is 9.26. The van der Waals surface area contributed by atoms with Gasteiger partial charge in [0.25, 0.3) is 5.91 Å². The number of halogens is 1. The lowest BCUT2D eigenvalue weighted by molar-refractivity contribution is 0.0151. The summed E-state index contributed by atoms with van der Waals surface area (Å²) in [5.74, 6) is -1.73. The highest BCUT2D eigenvalue weighted by atomic mass is 19.1. The van der Waals surface area contributed by atoms with Crippen LogP contribution in [0.5, 0.6) is 0 Å². The van der Waals surface area contributed by atoms with Gasteiger partial charge in [-0.05, 0) is 43.2 Å². The molecule has 1 saturated heterocycles. The third-order valence-electron chi connectivity index (χ3n) is 6.69. The van der Waals surface area contributed by atoms with Crippen LogP contribution < -0.4 is 5.32 Å². The SMILES string of the molecule is [C-]#[N+]c1ccc(F)c(C(=O)OC[C@H](C)Cn2nc(CC)c3c2CC2(CCOCC2)CNC3=O)c1. The first kappa shape index (κ1) is 23.9. The van der Waals surface area contributed by atoms with Crippen molar-refractivity contribution in [1.29, 1.82) is 0 Å². The maximum Gasteiger partial charge on any atom is 0.339 e. The smallest absolute Gasteiger partial charge is 0.339 e. The van der Waals surface area contributed by atoms with Crippen LogP contribution in [-0.4, -0.2) is 48.0 Å². The van der Waals surface area contributed by atoms with Gasteiger partial charge >= 0.3 is 5.97 Å². The number of fused-ring (bicyclic) bond motifs is 1. The van der Waals surface area contributed by atoms with Crippen molar-refractivity contribution in [3.05, 3.63) is 57.9 Å². The number of aromatic nitrogens is 2. The second kappa shape index (κ2) is 9.94. The molecular formula is C25H29FN4O4. The topological polar surface area (TPSA) is 86.8 Å². The molecule has 1 fully saturated rings. The van der Waals surface area contributed by atoms with Crippen LogP contribution in [0.4, 0.5) is 10.1 Å². The van der Waals surface area contributed by atoms with E-state index in [0.29, 0.717) is 38.3 Å². The second-order valence-corrected chi connectivity index (χ2v) is 9.26. The summed E-state index contributed by atoms with van der Waals surface area (Å²) in [4.78, 5) is 28.6. The molecule has 0 unspecified atom stereocenters. The number of esters is 1. The number of hydrogen-bond acceptors (Lipinski definition) is 5. The molecule has 180 valence electrons. The van der Waals surface area contributed by atoms with Crippen LogP contribution in [0.2, 0.25) is 0 Å². The molecule has 1 amide bonds. The van der Waals surface area contributed by atoms with Crippen LogP contribution in [0.25, 0.3) is 4.85 Å². The lowest BCUT2D eigenvalue weighted by atomic mass is 9.76. The van der Waals surface area contributed by atoms with Gasteiger partial charge in [-0.1, -0.05) is 19.9 Å². The van der Waals surface area contributed by atoms with Gasteiger partial charge in [-0.15, -0.1) is 0 Å². The molecule has 1 spiro atoms. The monoisotopic (exact) mass is 468 g/mol. The highest BCUT2D eigenvalue weighted by molar-refractivity contribution is 5.97. The summed E-state index contributed by atoms with van der Waals surface area (Å²) in [5, 5.41) is 7.84. The Kier molecular flexibility index (Phi) is 6.98. The van der Waals surface area contributed by atoms with Gasteiger partial charge in [0.15, 0.2) is 5.69 Å². The van der Waals surface area contributed by atoms with Crippen molar-refractivity contribution in [2.75, 3.05) is 26.4 Å². The fourth-order valence-electron chi connectivity index (χ4n) is 4.71. The molecule has 3 heterocycles. The Labute approximate surface area is 198 Å². The minimum atomic E-state index is -0.802. The van der Waals surface area contributed by atoms with Crippen LogP contribution >= 0.6 is 0 Å². The van der Waals surface area contributed by atoms with E-state index >= 15 is 0 Å². The molecule has 1 N–H and O–H groups in total. The molecule has 2 aliphatic heterocycles. The Balaban J connectivity index is 1.50. The zero-order valence-corrected chi connectivity index (χ0v) is 19.5. The van der Waals surface area contributed by atoms with Crippen molar-refractivity contribution < 1.29 is 23.5 Å². The highest BCUT2D eigenvalue weighted by Crippen LogP contribution is 2.37. The summed E-state index contributed by atoms with van der Waals surface area (Å²) in [5.41, 5.74) is 2.21. The van der Waals surface area contributed by atoms with E-state index in [0.717, 1.165) is 36.7 Å². The molecular weight excluding hydrogens is 439 g/mol. The number of nitrogens with one attached hydrogen (secondary N) is 1. The average Bonchev–Trinajstić information content (AvgIpc) is 3.11. The number of carbonyl (C=O) groups excluding carboxylic acids is 2. The van der Waals surface area contributed by atoms with Crippen LogP contribution in [0.3, 0.4) is 0 Å². The van der Waals surface area contributed by atoms with E-state index in [1.165, 1.54) is 12.1 Å². The molecule has 0 radical (unpaired) electrons. The molecule has 0 aliphatic carbocycles. The molecule has 1 atom stereocenters. The van der Waals surface area contributed by atoms with Crippen molar-refractivity contribution in [2.45, 2.75) is 46.1 Å². The maximum atomic E-state index is 14.0. The summed E-state index contributed by atoms with van der Waals surface area (Å²) < 4.78 is 26.8. The molecule has 2 aliphatic rings. The lowest BCUT2D eigenvalue weighted by Crippen LogP contribution is -2.41. The molecule has 1 aromatic carbocycles. The number of carbonyl (C=O) groups is 2. The Morgan fingerprint density at radius 3 is 2.88 bits per heavy atom. The minimum Gasteiger partial charge on any atom is -0.462 e. The minimum absolute atomic E-state index is 0.0525. The number of amides is 1. The van der Waals surface area contributed by atoms with Crippen LogP contribution in [-0.2, 0) is 28.9 Å². The molecule has 2 aromatic rings. The Morgan fingerprint density at radius 1 is 1.41 bits per heavy atom. The van der Waals surface area contributed by atoms with Gasteiger partial charge in [0.05, 0.1) is 35.7 Å². The van der Waals surface area contributed by atoms with E-state index in [-0.39, 0.29) is 35.1 Å². The van der Waals surface area contributed by atoms with E-state index in [1.807, 2.05) is 18.5 Å². The third-order valence-corrected chi connectivity index (χ3v) is 6.69. The molecule has 8 nitrogen and oxygen atoms in total. The maximum absolute atomic E-state index is 14.0. The number of benzene rings is 1. The molecule has 0 bridgehead atoms. The summed E-state index contributed by atoms with van der Waals surface area (Å²) in [7, 11) is 0. The number of ether oxygens (including phenoxy) is 2. The standard InChI is InChI=1S/C25H29FN4O4/c1-4-20-22-21(12-25(15-28-23(22)31)7-9-33-10-8-25)30(29-20)13-16(2)14-34-24(32)18-11-17(27-3)5-6-19(18)26/h5-6,11,16H,4,7-10,12-15H2,1-2H3,(H,28,31)/t16-/m1/s1. The number of nitrogens with zero attached hydrogens (tertiary/aromatic N) is 3. The third kappa shape index (κ3) is 4.82. The summed E-state index contributed by atoms with van der Waals surface area (Å²) >= 11 is 0. The summed E-state index contributed by atoms with van der Waals surface area (Å²) in [6, 6.07) is 3.61. The first-order valence-corrected chi connectivity index (χ1v) is 11.6. The normalized spacial score (nSPS) is 17.9. The van der Waals surface area contributed by atoms with Gasteiger partial charge in [0.2, 0.25) is 0 Å². The van der Waals surface area contributed by atoms with Crippen molar-refractivity contribution in [3.63, 3.8) is 0 Å². The van der Waals surface area contributed by atoms with Crippen molar-refractivity contribution in [2.24, 2.45) is 11.3 Å². The quantitative estimate of drug-likeness (QED) is 0.516. The predicted molar refractivity (Wildman–Crippen MR) is 122 cm³/mol. The average molecular weight is 469 g/mol. The van der Waals surface area contributed by atoms with E-state index in [2.05, 4.69) is 10.2 Å². The Hall–Kier alpha value is -3.25. The number of aryl methyl sites for hydroxylation is 1. The lowest BCUT2D eigenvalue weighted by Gasteiger charge is -2.36. The zero-order chi connectivity index (χ0) is 24.3. The zero-order valence-electron chi connectivity index (χ0n) is 19.5.